The first kappa shape index (κ1) is 49.7. The molecule has 2 unspecified atom stereocenters. The molecule has 10 heteroatoms. The maximum atomic E-state index is 12.7. The van der Waals surface area contributed by atoms with Crippen molar-refractivity contribution in [2.75, 3.05) is 19.8 Å². The molecule has 4 N–H and O–H groups in total. The quantitative estimate of drug-likeness (QED) is 0.0357. The Morgan fingerprint density at radius 1 is 0.509 bits per heavy atom. The van der Waals surface area contributed by atoms with Crippen molar-refractivity contribution in [3.63, 3.8) is 0 Å². The maximum absolute atomic E-state index is 12.7. The summed E-state index contributed by atoms with van der Waals surface area (Å²) in [5, 5.41) is 40.0. The van der Waals surface area contributed by atoms with Crippen molar-refractivity contribution in [3.8, 4) is 0 Å². The standard InChI is InChI=1S/C43H82O10/c1-3-5-7-9-11-13-15-17-18-19-20-22-24-26-28-30-32-39(46)52-36(35-51-43-42(49)41(48)40(47)37(33-44)53-43)34-50-38(45)31-29-27-25-23-21-16-14-12-10-8-6-4-2/h36-37,40-44,47-49H,3-35H2,1-2H3/t36-,37-,40+,41?,42?,43-/m1/s1. The number of unbranched alkanes of at least 4 members (excludes halogenated alkanes) is 26. The number of carbonyl (C=O) groups is 2. The molecule has 0 aromatic carbocycles. The minimum atomic E-state index is -1.59. The highest BCUT2D eigenvalue weighted by molar-refractivity contribution is 5.70. The van der Waals surface area contributed by atoms with Crippen molar-refractivity contribution in [2.24, 2.45) is 0 Å². The van der Waals surface area contributed by atoms with Gasteiger partial charge in [-0.05, 0) is 12.8 Å². The number of rotatable bonds is 37. The third-order valence-corrected chi connectivity index (χ3v) is 10.5. The summed E-state index contributed by atoms with van der Waals surface area (Å²) in [5.41, 5.74) is 0. The molecule has 10 nitrogen and oxygen atoms in total. The van der Waals surface area contributed by atoms with Crippen molar-refractivity contribution in [2.45, 2.75) is 243 Å². The predicted octanol–water partition coefficient (Wildman–Crippen LogP) is 9.00. The average molecular weight is 759 g/mol. The molecular formula is C43H82O10. The Morgan fingerprint density at radius 2 is 0.887 bits per heavy atom. The summed E-state index contributed by atoms with van der Waals surface area (Å²) in [7, 11) is 0. The number of ether oxygens (including phenoxy) is 4. The van der Waals surface area contributed by atoms with E-state index >= 15 is 0 Å². The number of carbonyl (C=O) groups excluding carboxylic acids is 2. The van der Waals surface area contributed by atoms with Gasteiger partial charge in [0, 0.05) is 12.8 Å². The van der Waals surface area contributed by atoms with Gasteiger partial charge in [-0.25, -0.2) is 0 Å². The van der Waals surface area contributed by atoms with E-state index in [1.165, 1.54) is 135 Å². The Hall–Kier alpha value is -1.30. The van der Waals surface area contributed by atoms with Crippen LogP contribution < -0.4 is 0 Å². The second kappa shape index (κ2) is 35.1. The molecular weight excluding hydrogens is 676 g/mol. The van der Waals surface area contributed by atoms with Crippen LogP contribution in [0.4, 0.5) is 0 Å². The monoisotopic (exact) mass is 759 g/mol. The second-order valence-electron chi connectivity index (χ2n) is 15.5. The highest BCUT2D eigenvalue weighted by Gasteiger charge is 2.44. The van der Waals surface area contributed by atoms with Crippen LogP contribution in [0.25, 0.3) is 0 Å². The Labute approximate surface area is 323 Å². The van der Waals surface area contributed by atoms with Crippen LogP contribution in [0.3, 0.4) is 0 Å². The Bertz CT molecular complexity index is 840. The maximum Gasteiger partial charge on any atom is 0.306 e. The van der Waals surface area contributed by atoms with Crippen LogP contribution in [-0.2, 0) is 28.5 Å². The molecule has 314 valence electrons. The van der Waals surface area contributed by atoms with Crippen molar-refractivity contribution < 1.29 is 49.0 Å². The van der Waals surface area contributed by atoms with Gasteiger partial charge in [0.1, 0.15) is 31.0 Å². The van der Waals surface area contributed by atoms with Gasteiger partial charge in [0.25, 0.3) is 0 Å². The van der Waals surface area contributed by atoms with Crippen molar-refractivity contribution in [1.29, 1.82) is 0 Å². The molecule has 0 bridgehead atoms. The van der Waals surface area contributed by atoms with Gasteiger partial charge in [0.05, 0.1) is 13.2 Å². The van der Waals surface area contributed by atoms with Crippen molar-refractivity contribution in [1.82, 2.24) is 0 Å². The fourth-order valence-electron chi connectivity index (χ4n) is 6.95. The molecule has 53 heavy (non-hydrogen) atoms. The first-order valence-electron chi connectivity index (χ1n) is 22.1. The topological polar surface area (TPSA) is 152 Å². The van der Waals surface area contributed by atoms with Crippen LogP contribution in [0, 0.1) is 0 Å². The molecule has 1 saturated heterocycles. The average Bonchev–Trinajstić information content (AvgIpc) is 3.15. The Kier molecular flexibility index (Phi) is 33.0. The number of esters is 2. The lowest BCUT2D eigenvalue weighted by atomic mass is 9.99. The Balaban J connectivity index is 2.32. The van der Waals surface area contributed by atoms with Crippen molar-refractivity contribution >= 4 is 11.9 Å². The fraction of sp³-hybridized carbons (Fsp3) is 0.953. The number of hydrogen-bond donors (Lipinski definition) is 4. The second-order valence-corrected chi connectivity index (χ2v) is 15.5. The first-order chi connectivity index (χ1) is 25.8. The summed E-state index contributed by atoms with van der Waals surface area (Å²) in [6, 6.07) is 0. The summed E-state index contributed by atoms with van der Waals surface area (Å²) in [6.07, 6.45) is 26.8. The van der Waals surface area contributed by atoms with E-state index in [4.69, 9.17) is 18.9 Å². The van der Waals surface area contributed by atoms with E-state index in [0.717, 1.165) is 38.5 Å². The van der Waals surface area contributed by atoms with Crippen LogP contribution in [0.5, 0.6) is 0 Å². The van der Waals surface area contributed by atoms with E-state index in [-0.39, 0.29) is 32.0 Å². The highest BCUT2D eigenvalue weighted by atomic mass is 16.7. The lowest BCUT2D eigenvalue weighted by Gasteiger charge is -2.39. The van der Waals surface area contributed by atoms with Gasteiger partial charge < -0.3 is 39.4 Å². The molecule has 0 radical (unpaired) electrons. The molecule has 6 atom stereocenters. The van der Waals surface area contributed by atoms with Gasteiger partial charge in [-0.15, -0.1) is 0 Å². The fourth-order valence-corrected chi connectivity index (χ4v) is 6.95. The number of hydrogen-bond acceptors (Lipinski definition) is 10. The molecule has 1 rings (SSSR count). The van der Waals surface area contributed by atoms with Crippen LogP contribution in [0.1, 0.15) is 206 Å². The SMILES string of the molecule is CCCCCCCCCCCCCCCCCCC(=O)O[C@H](COC(=O)CCCCCCCCCCCCCC)CO[C@@H]1O[C@H](CO)[C@H](O)C(O)C1O. The van der Waals surface area contributed by atoms with E-state index in [1.807, 2.05) is 0 Å². The van der Waals surface area contributed by atoms with E-state index in [9.17, 15) is 30.0 Å². The molecule has 1 aliphatic rings. The molecule has 0 aromatic rings. The van der Waals surface area contributed by atoms with Gasteiger partial charge in [-0.1, -0.05) is 181 Å². The van der Waals surface area contributed by atoms with Crippen molar-refractivity contribution in [3.05, 3.63) is 0 Å². The molecule has 1 fully saturated rings. The van der Waals surface area contributed by atoms with E-state index < -0.39 is 49.4 Å². The van der Waals surface area contributed by atoms with Gasteiger partial charge in [-0.3, -0.25) is 9.59 Å². The van der Waals surface area contributed by atoms with Gasteiger partial charge in [0.15, 0.2) is 12.4 Å². The van der Waals surface area contributed by atoms with Crippen LogP contribution in [0.15, 0.2) is 0 Å². The lowest BCUT2D eigenvalue weighted by molar-refractivity contribution is -0.305. The minimum Gasteiger partial charge on any atom is -0.462 e. The molecule has 0 spiro atoms. The summed E-state index contributed by atoms with van der Waals surface area (Å²) in [6.45, 7) is 3.44. The largest absolute Gasteiger partial charge is 0.462 e. The van der Waals surface area contributed by atoms with E-state index in [2.05, 4.69) is 13.8 Å². The van der Waals surface area contributed by atoms with E-state index in [1.54, 1.807) is 0 Å². The summed E-state index contributed by atoms with van der Waals surface area (Å²) >= 11 is 0. The van der Waals surface area contributed by atoms with Gasteiger partial charge >= 0.3 is 11.9 Å². The normalized spacial score (nSPS) is 20.8. The molecule has 0 saturated carbocycles. The predicted molar refractivity (Wildman–Crippen MR) is 210 cm³/mol. The zero-order valence-corrected chi connectivity index (χ0v) is 34.0. The minimum absolute atomic E-state index is 0.209. The summed E-state index contributed by atoms with van der Waals surface area (Å²) in [5.74, 6) is -0.793. The molecule has 0 aromatic heterocycles. The zero-order chi connectivity index (χ0) is 38.8. The third kappa shape index (κ3) is 27.0. The zero-order valence-electron chi connectivity index (χ0n) is 34.0. The molecule has 1 heterocycles. The van der Waals surface area contributed by atoms with Gasteiger partial charge in [0.2, 0.25) is 0 Å². The summed E-state index contributed by atoms with van der Waals surface area (Å²) < 4.78 is 22.1. The lowest BCUT2D eigenvalue weighted by Crippen LogP contribution is -2.59. The first-order valence-corrected chi connectivity index (χ1v) is 22.1. The van der Waals surface area contributed by atoms with Crippen LogP contribution in [0.2, 0.25) is 0 Å². The highest BCUT2D eigenvalue weighted by Crippen LogP contribution is 2.23. The molecule has 0 aliphatic carbocycles. The third-order valence-electron chi connectivity index (χ3n) is 10.5. The molecule has 1 aliphatic heterocycles. The van der Waals surface area contributed by atoms with Crippen LogP contribution in [-0.4, -0.2) is 89.0 Å². The van der Waals surface area contributed by atoms with Crippen LogP contribution >= 0.6 is 0 Å². The summed E-state index contributed by atoms with van der Waals surface area (Å²) in [4.78, 5) is 25.3. The number of aliphatic hydroxyl groups is 4. The van der Waals surface area contributed by atoms with E-state index in [0.29, 0.717) is 6.42 Å². The Morgan fingerprint density at radius 3 is 1.28 bits per heavy atom. The molecule has 0 amide bonds. The number of aliphatic hydroxyl groups excluding tert-OH is 4. The smallest absolute Gasteiger partial charge is 0.306 e. The van der Waals surface area contributed by atoms with Gasteiger partial charge in [-0.2, -0.15) is 0 Å².